The summed E-state index contributed by atoms with van der Waals surface area (Å²) in [6, 6.07) is 8.82. The summed E-state index contributed by atoms with van der Waals surface area (Å²) in [5, 5.41) is 0.759. The van der Waals surface area contributed by atoms with E-state index in [4.69, 9.17) is 9.47 Å². The zero-order valence-electron chi connectivity index (χ0n) is 9.06. The summed E-state index contributed by atoms with van der Waals surface area (Å²) in [4.78, 5) is 15.7. The number of carbonyl (C=O) groups excluding carboxylic acids is 1. The van der Waals surface area contributed by atoms with Gasteiger partial charge in [-0.3, -0.25) is 0 Å². The third kappa shape index (κ3) is 1.69. The third-order valence-electron chi connectivity index (χ3n) is 2.32. The lowest BCUT2D eigenvalue weighted by Gasteiger charge is -2.05. The quantitative estimate of drug-likeness (QED) is 0.722. The third-order valence-corrected chi connectivity index (χ3v) is 2.32. The first-order valence-corrected chi connectivity index (χ1v) is 4.78. The van der Waals surface area contributed by atoms with Crippen LogP contribution < -0.4 is 4.74 Å². The molecule has 0 aliphatic heterocycles. The molecule has 0 bridgehead atoms. The van der Waals surface area contributed by atoms with Crippen molar-refractivity contribution in [1.82, 2.24) is 4.98 Å². The van der Waals surface area contributed by atoms with E-state index in [1.54, 1.807) is 31.4 Å². The van der Waals surface area contributed by atoms with Gasteiger partial charge in [0, 0.05) is 11.5 Å². The molecular weight excluding hydrogens is 206 g/mol. The minimum atomic E-state index is -0.363. The second kappa shape index (κ2) is 4.18. The lowest BCUT2D eigenvalue weighted by molar-refractivity contribution is 0.0603. The molecule has 0 fully saturated rings. The van der Waals surface area contributed by atoms with Crippen molar-refractivity contribution in [3.05, 3.63) is 35.9 Å². The highest BCUT2D eigenvalue weighted by molar-refractivity contribution is 6.03. The molecule has 2 aromatic rings. The van der Waals surface area contributed by atoms with Crippen LogP contribution in [0.15, 0.2) is 30.3 Å². The maximum Gasteiger partial charge on any atom is 0.338 e. The maximum absolute atomic E-state index is 11.5. The minimum Gasteiger partial charge on any atom is -0.481 e. The number of rotatable bonds is 2. The van der Waals surface area contributed by atoms with E-state index < -0.39 is 0 Å². The van der Waals surface area contributed by atoms with Crippen LogP contribution in [0.3, 0.4) is 0 Å². The SMILES string of the molecule is COC(=O)c1cccc2nc(OC)ccc12. The Morgan fingerprint density at radius 3 is 2.69 bits per heavy atom. The van der Waals surface area contributed by atoms with Crippen LogP contribution in [0.2, 0.25) is 0 Å². The molecule has 0 aliphatic carbocycles. The molecule has 0 saturated carbocycles. The van der Waals surface area contributed by atoms with Gasteiger partial charge in [0.25, 0.3) is 0 Å². The summed E-state index contributed by atoms with van der Waals surface area (Å²) < 4.78 is 9.72. The topological polar surface area (TPSA) is 48.4 Å². The summed E-state index contributed by atoms with van der Waals surface area (Å²) in [5.41, 5.74) is 1.22. The molecule has 82 valence electrons. The molecule has 0 aliphatic rings. The molecule has 1 aromatic carbocycles. The van der Waals surface area contributed by atoms with E-state index in [-0.39, 0.29) is 5.97 Å². The van der Waals surface area contributed by atoms with Gasteiger partial charge in [0.05, 0.1) is 25.3 Å². The van der Waals surface area contributed by atoms with Crippen LogP contribution in [0.1, 0.15) is 10.4 Å². The van der Waals surface area contributed by atoms with E-state index in [0.717, 1.165) is 5.39 Å². The van der Waals surface area contributed by atoms with Gasteiger partial charge < -0.3 is 9.47 Å². The Balaban J connectivity index is 2.65. The predicted molar refractivity (Wildman–Crippen MR) is 59.6 cm³/mol. The van der Waals surface area contributed by atoms with Crippen molar-refractivity contribution < 1.29 is 14.3 Å². The van der Waals surface area contributed by atoms with Crippen molar-refractivity contribution >= 4 is 16.9 Å². The molecule has 0 atom stereocenters. The second-order valence-corrected chi connectivity index (χ2v) is 3.22. The molecule has 0 radical (unpaired) electrons. The molecular formula is C12H11NO3. The average molecular weight is 217 g/mol. The first-order chi connectivity index (χ1) is 7.76. The van der Waals surface area contributed by atoms with Gasteiger partial charge in [0.1, 0.15) is 0 Å². The first-order valence-electron chi connectivity index (χ1n) is 4.78. The standard InChI is InChI=1S/C12H11NO3/c1-15-11-7-6-8-9(12(14)16-2)4-3-5-10(8)13-11/h3-7H,1-2H3. The summed E-state index contributed by atoms with van der Waals surface area (Å²) in [7, 11) is 2.91. The van der Waals surface area contributed by atoms with Crippen LogP contribution >= 0.6 is 0 Å². The normalized spacial score (nSPS) is 10.1. The Labute approximate surface area is 92.8 Å². The average Bonchev–Trinajstić information content (AvgIpc) is 2.36. The van der Waals surface area contributed by atoms with Crippen LogP contribution in [0.25, 0.3) is 10.9 Å². The number of hydrogen-bond acceptors (Lipinski definition) is 4. The van der Waals surface area contributed by atoms with Crippen molar-refractivity contribution in [1.29, 1.82) is 0 Å². The second-order valence-electron chi connectivity index (χ2n) is 3.22. The van der Waals surface area contributed by atoms with Crippen molar-refractivity contribution in [3.63, 3.8) is 0 Å². The zero-order chi connectivity index (χ0) is 11.5. The molecule has 1 heterocycles. The number of benzene rings is 1. The molecule has 0 saturated heterocycles. The van der Waals surface area contributed by atoms with E-state index >= 15 is 0 Å². The van der Waals surface area contributed by atoms with Crippen molar-refractivity contribution in [2.45, 2.75) is 0 Å². The van der Waals surface area contributed by atoms with E-state index in [0.29, 0.717) is 17.0 Å². The Hall–Kier alpha value is -2.10. The molecule has 1 aromatic heterocycles. The highest BCUT2D eigenvalue weighted by Gasteiger charge is 2.10. The number of carbonyl (C=O) groups is 1. The number of aromatic nitrogens is 1. The molecule has 0 N–H and O–H groups in total. The number of pyridine rings is 1. The Morgan fingerprint density at radius 1 is 1.19 bits per heavy atom. The van der Waals surface area contributed by atoms with E-state index in [9.17, 15) is 4.79 Å². The van der Waals surface area contributed by atoms with Gasteiger partial charge in [-0.2, -0.15) is 0 Å². The number of esters is 1. The molecule has 4 nitrogen and oxygen atoms in total. The Morgan fingerprint density at radius 2 is 2.00 bits per heavy atom. The highest BCUT2D eigenvalue weighted by atomic mass is 16.5. The van der Waals surface area contributed by atoms with Crippen molar-refractivity contribution in [3.8, 4) is 5.88 Å². The smallest absolute Gasteiger partial charge is 0.338 e. The fourth-order valence-electron chi connectivity index (χ4n) is 1.54. The minimum absolute atomic E-state index is 0.363. The van der Waals surface area contributed by atoms with Crippen LogP contribution in [0.4, 0.5) is 0 Å². The van der Waals surface area contributed by atoms with Gasteiger partial charge in [-0.1, -0.05) is 6.07 Å². The van der Waals surface area contributed by atoms with Gasteiger partial charge in [-0.15, -0.1) is 0 Å². The number of ether oxygens (including phenoxy) is 2. The first kappa shape index (κ1) is 10.4. The molecule has 0 spiro atoms. The number of nitrogens with zero attached hydrogens (tertiary/aromatic N) is 1. The molecule has 0 unspecified atom stereocenters. The summed E-state index contributed by atoms with van der Waals surface area (Å²) in [6.07, 6.45) is 0. The van der Waals surface area contributed by atoms with Crippen LogP contribution in [0, 0.1) is 0 Å². The molecule has 4 heteroatoms. The number of methoxy groups -OCH3 is 2. The number of fused-ring (bicyclic) bond motifs is 1. The van der Waals surface area contributed by atoms with E-state index in [1.807, 2.05) is 6.07 Å². The summed E-state index contributed by atoms with van der Waals surface area (Å²) in [6.45, 7) is 0. The van der Waals surface area contributed by atoms with Crippen molar-refractivity contribution in [2.75, 3.05) is 14.2 Å². The highest BCUT2D eigenvalue weighted by Crippen LogP contribution is 2.20. The lowest BCUT2D eigenvalue weighted by atomic mass is 10.1. The van der Waals surface area contributed by atoms with Gasteiger partial charge in [0.15, 0.2) is 0 Å². The predicted octanol–water partition coefficient (Wildman–Crippen LogP) is 2.03. The summed E-state index contributed by atoms with van der Waals surface area (Å²) in [5.74, 6) is 0.159. The molecule has 2 rings (SSSR count). The molecule has 16 heavy (non-hydrogen) atoms. The largest absolute Gasteiger partial charge is 0.481 e. The fraction of sp³-hybridized carbons (Fsp3) is 0.167. The molecule has 0 amide bonds. The lowest BCUT2D eigenvalue weighted by Crippen LogP contribution is -2.02. The van der Waals surface area contributed by atoms with Crippen molar-refractivity contribution in [2.24, 2.45) is 0 Å². The van der Waals surface area contributed by atoms with Gasteiger partial charge >= 0.3 is 5.97 Å². The summed E-state index contributed by atoms with van der Waals surface area (Å²) >= 11 is 0. The van der Waals surface area contributed by atoms with E-state index in [1.165, 1.54) is 7.11 Å². The van der Waals surface area contributed by atoms with Crippen LogP contribution in [0.5, 0.6) is 5.88 Å². The van der Waals surface area contributed by atoms with Crippen LogP contribution in [-0.2, 0) is 4.74 Å². The monoisotopic (exact) mass is 217 g/mol. The van der Waals surface area contributed by atoms with Gasteiger partial charge in [0.2, 0.25) is 5.88 Å². The fourth-order valence-corrected chi connectivity index (χ4v) is 1.54. The zero-order valence-corrected chi connectivity index (χ0v) is 9.06. The maximum atomic E-state index is 11.5. The Kier molecular flexibility index (Phi) is 2.72. The van der Waals surface area contributed by atoms with Gasteiger partial charge in [-0.25, -0.2) is 9.78 Å². The Bertz CT molecular complexity index is 537. The van der Waals surface area contributed by atoms with E-state index in [2.05, 4.69) is 4.98 Å². The number of hydrogen-bond donors (Lipinski definition) is 0. The van der Waals surface area contributed by atoms with Crippen LogP contribution in [-0.4, -0.2) is 25.2 Å². The van der Waals surface area contributed by atoms with Gasteiger partial charge in [-0.05, 0) is 18.2 Å².